The van der Waals surface area contributed by atoms with Crippen LogP contribution in [0.25, 0.3) is 0 Å². The second kappa shape index (κ2) is 5.07. The van der Waals surface area contributed by atoms with E-state index >= 15 is 0 Å². The van der Waals surface area contributed by atoms with Gasteiger partial charge in [0, 0.05) is 25.2 Å². The quantitative estimate of drug-likeness (QED) is 0.662. The van der Waals surface area contributed by atoms with Crippen LogP contribution in [-0.4, -0.2) is 24.8 Å². The van der Waals surface area contributed by atoms with Gasteiger partial charge in [0.25, 0.3) is 0 Å². The van der Waals surface area contributed by atoms with Gasteiger partial charge < -0.3 is 9.47 Å². The van der Waals surface area contributed by atoms with Crippen LogP contribution in [0.15, 0.2) is 0 Å². The molecule has 0 bridgehead atoms. The molecule has 3 nitrogen and oxygen atoms in total. The van der Waals surface area contributed by atoms with Gasteiger partial charge in [-0.1, -0.05) is 20.3 Å². The van der Waals surface area contributed by atoms with Gasteiger partial charge in [0.2, 0.25) is 0 Å². The fourth-order valence-electron chi connectivity index (χ4n) is 7.78. The molecule has 0 unspecified atom stereocenters. The predicted molar refractivity (Wildman–Crippen MR) is 91.4 cm³/mol. The normalized spacial score (nSPS) is 52.8. The number of hydrogen-bond donors (Lipinski definition) is 0. The molecule has 1 aliphatic heterocycles. The molecule has 3 heteroatoms. The molecule has 4 aliphatic carbocycles. The summed E-state index contributed by atoms with van der Waals surface area (Å²) in [6.07, 6.45) is 10.5. The molecule has 5 fully saturated rings. The minimum absolute atomic E-state index is 0.185. The lowest BCUT2D eigenvalue weighted by Crippen LogP contribution is -2.58. The summed E-state index contributed by atoms with van der Waals surface area (Å²) in [5, 5.41) is 0. The van der Waals surface area contributed by atoms with Gasteiger partial charge in [-0.05, 0) is 60.7 Å². The maximum Gasteiger partial charge on any atom is 0.168 e. The van der Waals surface area contributed by atoms with Gasteiger partial charge in [0.05, 0.1) is 13.2 Å². The van der Waals surface area contributed by atoms with Crippen LogP contribution in [0.2, 0.25) is 0 Å². The van der Waals surface area contributed by atoms with Crippen molar-refractivity contribution in [2.75, 3.05) is 13.2 Å². The van der Waals surface area contributed by atoms with Crippen molar-refractivity contribution >= 4 is 5.78 Å². The molecule has 5 rings (SSSR count). The number of ketones is 1. The van der Waals surface area contributed by atoms with Crippen molar-refractivity contribution in [2.45, 2.75) is 77.4 Å². The molecule has 0 aromatic rings. The first-order chi connectivity index (χ1) is 11.5. The number of hydrogen-bond acceptors (Lipinski definition) is 3. The average Bonchev–Trinajstić information content (AvgIpc) is 3.14. The Kier molecular flexibility index (Phi) is 3.34. The first-order valence-electron chi connectivity index (χ1n) is 10.3. The third-order valence-corrected chi connectivity index (χ3v) is 8.94. The second-order valence-corrected chi connectivity index (χ2v) is 10.0. The highest BCUT2D eigenvalue weighted by Gasteiger charge is 2.63. The lowest BCUT2D eigenvalue weighted by molar-refractivity contribution is -0.226. The van der Waals surface area contributed by atoms with E-state index in [9.17, 15) is 4.79 Å². The van der Waals surface area contributed by atoms with Gasteiger partial charge in [0.1, 0.15) is 5.78 Å². The summed E-state index contributed by atoms with van der Waals surface area (Å²) in [4.78, 5) is 13.3. The number of rotatable bonds is 0. The Hall–Kier alpha value is -0.410. The maximum atomic E-state index is 13.3. The standard InChI is InChI=1S/C21H32O3/c1-19-7-3-4-16(19)15-6-5-14-12-21(23-10-11-24-21)9-8-20(14,2)18(15)17(22)13-19/h14-16,18H,3-13H2,1-2H3/t14-,15-,16-,18+,19-,20+/m1/s1. The number of ether oxygens (including phenoxy) is 2. The van der Waals surface area contributed by atoms with Crippen LogP contribution in [0, 0.1) is 34.5 Å². The molecule has 0 radical (unpaired) electrons. The Morgan fingerprint density at radius 3 is 2.58 bits per heavy atom. The largest absolute Gasteiger partial charge is 0.348 e. The third kappa shape index (κ3) is 2.00. The Morgan fingerprint density at radius 1 is 1.00 bits per heavy atom. The zero-order chi connectivity index (χ0) is 16.6. The first-order valence-corrected chi connectivity index (χ1v) is 10.3. The van der Waals surface area contributed by atoms with Crippen molar-refractivity contribution in [3.05, 3.63) is 0 Å². The average molecular weight is 332 g/mol. The molecule has 1 saturated heterocycles. The summed E-state index contributed by atoms with van der Waals surface area (Å²) in [5.74, 6) is 2.65. The fourth-order valence-corrected chi connectivity index (χ4v) is 7.78. The zero-order valence-corrected chi connectivity index (χ0v) is 15.3. The van der Waals surface area contributed by atoms with E-state index in [1.165, 1.54) is 32.1 Å². The number of carbonyl (C=O) groups excluding carboxylic acids is 1. The van der Waals surface area contributed by atoms with Crippen LogP contribution in [-0.2, 0) is 14.3 Å². The molecule has 0 aromatic heterocycles. The van der Waals surface area contributed by atoms with Crippen molar-refractivity contribution in [3.8, 4) is 0 Å². The van der Waals surface area contributed by atoms with Gasteiger partial charge in [0.15, 0.2) is 5.79 Å². The predicted octanol–water partition coefficient (Wildman–Crippen LogP) is 4.34. The highest BCUT2D eigenvalue weighted by molar-refractivity contribution is 5.84. The summed E-state index contributed by atoms with van der Waals surface area (Å²) in [6.45, 7) is 6.33. The lowest BCUT2D eigenvalue weighted by atomic mass is 9.44. The minimum Gasteiger partial charge on any atom is -0.348 e. The lowest BCUT2D eigenvalue weighted by Gasteiger charge is -2.60. The fraction of sp³-hybridized carbons (Fsp3) is 0.952. The van der Waals surface area contributed by atoms with E-state index < -0.39 is 0 Å². The third-order valence-electron chi connectivity index (χ3n) is 8.94. The SMILES string of the molecule is C[C@]12CCC[C@@H]1[C@H]1CC[C@@H]3CC4(CC[C@]3(C)[C@@H]1C(=O)C2)OCCO4. The monoisotopic (exact) mass is 332 g/mol. The van der Waals surface area contributed by atoms with E-state index in [1.807, 2.05) is 0 Å². The highest BCUT2D eigenvalue weighted by atomic mass is 16.7. The van der Waals surface area contributed by atoms with Gasteiger partial charge in [-0.2, -0.15) is 0 Å². The van der Waals surface area contributed by atoms with Crippen LogP contribution >= 0.6 is 0 Å². The van der Waals surface area contributed by atoms with Crippen LogP contribution in [0.5, 0.6) is 0 Å². The molecule has 24 heavy (non-hydrogen) atoms. The number of carbonyl (C=O) groups is 1. The molecule has 0 amide bonds. The van der Waals surface area contributed by atoms with Crippen molar-refractivity contribution in [3.63, 3.8) is 0 Å². The molecule has 6 atom stereocenters. The topological polar surface area (TPSA) is 35.5 Å². The molecule has 5 aliphatic rings. The van der Waals surface area contributed by atoms with Crippen molar-refractivity contribution in [1.29, 1.82) is 0 Å². The van der Waals surface area contributed by atoms with Gasteiger partial charge >= 0.3 is 0 Å². The summed E-state index contributed by atoms with van der Waals surface area (Å²) < 4.78 is 12.0. The van der Waals surface area contributed by atoms with Crippen LogP contribution in [0.4, 0.5) is 0 Å². The summed E-state index contributed by atoms with van der Waals surface area (Å²) in [6, 6.07) is 0. The first kappa shape index (κ1) is 15.8. The molecular weight excluding hydrogens is 300 g/mol. The van der Waals surface area contributed by atoms with Crippen molar-refractivity contribution in [1.82, 2.24) is 0 Å². The van der Waals surface area contributed by atoms with E-state index in [4.69, 9.17) is 9.47 Å². The molecular formula is C21H32O3. The molecule has 1 spiro atoms. The smallest absolute Gasteiger partial charge is 0.168 e. The number of fused-ring (bicyclic) bond motifs is 5. The van der Waals surface area contributed by atoms with E-state index in [1.54, 1.807) is 0 Å². The van der Waals surface area contributed by atoms with E-state index in [0.29, 0.717) is 29.0 Å². The molecule has 0 N–H and O–H groups in total. The highest BCUT2D eigenvalue weighted by Crippen LogP contribution is 2.66. The zero-order valence-electron chi connectivity index (χ0n) is 15.3. The van der Waals surface area contributed by atoms with Crippen LogP contribution < -0.4 is 0 Å². The van der Waals surface area contributed by atoms with E-state index in [-0.39, 0.29) is 11.2 Å². The molecule has 0 aromatic carbocycles. The summed E-state index contributed by atoms with van der Waals surface area (Å²) in [5.41, 5.74) is 0.499. The summed E-state index contributed by atoms with van der Waals surface area (Å²) >= 11 is 0. The van der Waals surface area contributed by atoms with Gasteiger partial charge in [-0.3, -0.25) is 4.79 Å². The Morgan fingerprint density at radius 2 is 1.79 bits per heavy atom. The number of Topliss-reactive ketones (excluding diaryl/α,β-unsaturated/α-hetero) is 1. The van der Waals surface area contributed by atoms with Crippen molar-refractivity contribution in [2.24, 2.45) is 34.5 Å². The molecule has 134 valence electrons. The Balaban J connectivity index is 1.46. The van der Waals surface area contributed by atoms with Crippen LogP contribution in [0.3, 0.4) is 0 Å². The summed E-state index contributed by atoms with van der Waals surface area (Å²) in [7, 11) is 0. The van der Waals surface area contributed by atoms with Gasteiger partial charge in [-0.25, -0.2) is 0 Å². The van der Waals surface area contributed by atoms with E-state index in [2.05, 4.69) is 13.8 Å². The Bertz CT molecular complexity index is 551. The van der Waals surface area contributed by atoms with Gasteiger partial charge in [-0.15, -0.1) is 0 Å². The van der Waals surface area contributed by atoms with Crippen LogP contribution in [0.1, 0.15) is 71.6 Å². The van der Waals surface area contributed by atoms with Crippen molar-refractivity contribution < 1.29 is 14.3 Å². The van der Waals surface area contributed by atoms with E-state index in [0.717, 1.165) is 44.8 Å². The molecule has 1 heterocycles. The Labute approximate surface area is 145 Å². The maximum absolute atomic E-state index is 13.3. The molecule has 4 saturated carbocycles. The second-order valence-electron chi connectivity index (χ2n) is 10.0. The minimum atomic E-state index is -0.309.